The summed E-state index contributed by atoms with van der Waals surface area (Å²) in [4.78, 5) is 55.0. The van der Waals surface area contributed by atoms with E-state index in [0.717, 1.165) is 32.7 Å². The van der Waals surface area contributed by atoms with Gasteiger partial charge >= 0.3 is 0 Å². The van der Waals surface area contributed by atoms with Crippen molar-refractivity contribution >= 4 is 44.1 Å². The Balaban J connectivity index is 1.08. The third-order valence-corrected chi connectivity index (χ3v) is 11.2. The average molecular weight is 887 g/mol. The third kappa shape index (κ3) is 7.15. The number of hydrogen-bond donors (Lipinski definition) is 2. The van der Waals surface area contributed by atoms with Crippen LogP contribution >= 0.6 is 0 Å². The van der Waals surface area contributed by atoms with Gasteiger partial charge < -0.3 is 28.9 Å². The number of aromatic amines is 2. The Morgan fingerprint density at radius 3 is 0.956 bits per heavy atom. The van der Waals surface area contributed by atoms with E-state index in [-0.39, 0.29) is 0 Å². The van der Waals surface area contributed by atoms with Crippen LogP contribution in [0.5, 0.6) is 46.0 Å². The highest BCUT2D eigenvalue weighted by Gasteiger charge is 2.24. The van der Waals surface area contributed by atoms with Crippen LogP contribution in [0.4, 0.5) is 0 Å². The number of rotatable bonds is 8. The Kier molecular flexibility index (Phi) is 9.02. The minimum absolute atomic E-state index is 0.389. The summed E-state index contributed by atoms with van der Waals surface area (Å²) in [7, 11) is 0. The van der Waals surface area contributed by atoms with Crippen LogP contribution in [0.3, 0.4) is 0 Å². The molecule has 0 saturated heterocycles. The molecule has 13 rings (SSSR count). The highest BCUT2D eigenvalue weighted by Crippen LogP contribution is 2.41. The molecular formula is C52H30N12O4. The summed E-state index contributed by atoms with van der Waals surface area (Å²) in [5.74, 6) is 6.23. The van der Waals surface area contributed by atoms with E-state index in [0.29, 0.717) is 103 Å². The van der Waals surface area contributed by atoms with Crippen molar-refractivity contribution in [2.24, 2.45) is 0 Å². The minimum atomic E-state index is 0.389. The third-order valence-electron chi connectivity index (χ3n) is 11.2. The molecule has 322 valence electrons. The van der Waals surface area contributed by atoms with Gasteiger partial charge in [-0.2, -0.15) is 0 Å². The highest BCUT2D eigenvalue weighted by molar-refractivity contribution is 6.07. The second-order valence-electron chi connectivity index (χ2n) is 15.6. The molecule has 7 aromatic heterocycles. The van der Waals surface area contributed by atoms with Crippen molar-refractivity contribution in [2.75, 3.05) is 0 Å². The van der Waals surface area contributed by atoms with E-state index in [4.69, 9.17) is 48.9 Å². The van der Waals surface area contributed by atoms with Crippen molar-refractivity contribution in [2.45, 2.75) is 0 Å². The number of fused-ring (bicyclic) bond motifs is 20. The van der Waals surface area contributed by atoms with Crippen molar-refractivity contribution in [3.05, 3.63) is 171 Å². The quantitative estimate of drug-likeness (QED) is 0.146. The number of H-pyrrole nitrogens is 2. The highest BCUT2D eigenvalue weighted by atomic mass is 16.5. The fraction of sp³-hybridized carbons (Fsp3) is 0. The lowest BCUT2D eigenvalue weighted by atomic mass is 10.1. The summed E-state index contributed by atoms with van der Waals surface area (Å²) in [5.41, 5.74) is 4.84. The summed E-state index contributed by atoms with van der Waals surface area (Å²) < 4.78 is 25.1. The predicted molar refractivity (Wildman–Crippen MR) is 253 cm³/mol. The number of aromatic nitrogens is 12. The lowest BCUT2D eigenvalue weighted by Crippen LogP contribution is -1.88. The zero-order valence-electron chi connectivity index (χ0n) is 35.3. The molecule has 8 bridgehead atoms. The van der Waals surface area contributed by atoms with Gasteiger partial charge in [0.1, 0.15) is 68.6 Å². The normalized spacial score (nSPS) is 11.5. The molecule has 0 amide bonds. The van der Waals surface area contributed by atoms with Crippen LogP contribution in [-0.2, 0) is 0 Å². The second kappa shape index (κ2) is 15.9. The van der Waals surface area contributed by atoms with Crippen LogP contribution in [0, 0.1) is 0 Å². The van der Waals surface area contributed by atoms with Gasteiger partial charge in [-0.1, -0.05) is 0 Å². The van der Waals surface area contributed by atoms with Crippen LogP contribution in [0.1, 0.15) is 0 Å². The summed E-state index contributed by atoms with van der Waals surface area (Å²) in [5, 5.41) is 2.98. The standard InChI is InChI=1S/C52H30N12O4/c1-5-33(25-53-17-1)65-29-9-13-37-41(21-29)49-58-45(37)57-46-38-14-10-31(67-35-7-3-19-55-27-35)23-43(38)51(59-46)64-52-44-24-32(68-36-8-4-20-56-28-36)12-16-40(44)48(63-52)62-50-42-22-30(66-34-6-2-18-54-26-34)11-15-39(42)47(60-49)61-50/h1-28H,(H2,57,58,59,60,61,62,63,64). The van der Waals surface area contributed by atoms with Crippen LogP contribution in [0.2, 0.25) is 0 Å². The van der Waals surface area contributed by atoms with Gasteiger partial charge in [0.2, 0.25) is 0 Å². The minimum Gasteiger partial charge on any atom is -0.456 e. The molecule has 0 atom stereocenters. The molecule has 0 spiro atoms. The number of hydrogen-bond acceptors (Lipinski definition) is 14. The first-order valence-corrected chi connectivity index (χ1v) is 21.3. The second-order valence-corrected chi connectivity index (χ2v) is 15.6. The Morgan fingerprint density at radius 1 is 0.279 bits per heavy atom. The molecular weight excluding hydrogens is 857 g/mol. The number of benzene rings is 4. The Morgan fingerprint density at radius 2 is 0.603 bits per heavy atom. The molecule has 2 aliphatic rings. The fourth-order valence-electron chi connectivity index (χ4n) is 8.14. The molecule has 11 aromatic rings. The Hall–Kier alpha value is -9.96. The molecule has 2 N–H and O–H groups in total. The number of nitrogens with zero attached hydrogens (tertiary/aromatic N) is 10. The lowest BCUT2D eigenvalue weighted by molar-refractivity contribution is 0.480. The van der Waals surface area contributed by atoms with Crippen molar-refractivity contribution in [1.29, 1.82) is 0 Å². The van der Waals surface area contributed by atoms with Crippen molar-refractivity contribution in [3.63, 3.8) is 0 Å². The van der Waals surface area contributed by atoms with E-state index in [1.165, 1.54) is 0 Å². The van der Waals surface area contributed by atoms with Gasteiger partial charge in [0.05, 0.1) is 24.8 Å². The van der Waals surface area contributed by atoms with Crippen LogP contribution in [0.25, 0.3) is 89.7 Å². The zero-order valence-corrected chi connectivity index (χ0v) is 35.3. The topological polar surface area (TPSA) is 197 Å². The van der Waals surface area contributed by atoms with E-state index in [1.54, 1.807) is 49.6 Å². The monoisotopic (exact) mass is 886 g/mol. The smallest absolute Gasteiger partial charge is 0.164 e. The number of nitrogens with one attached hydrogen (secondary N) is 2. The molecule has 68 heavy (non-hydrogen) atoms. The van der Waals surface area contributed by atoms with Crippen LogP contribution in [-0.4, -0.2) is 59.8 Å². The van der Waals surface area contributed by atoms with E-state index < -0.39 is 0 Å². The van der Waals surface area contributed by atoms with Gasteiger partial charge in [0.25, 0.3) is 0 Å². The summed E-state index contributed by atoms with van der Waals surface area (Å²) in [6, 6.07) is 37.5. The summed E-state index contributed by atoms with van der Waals surface area (Å²) in [6.07, 6.45) is 13.4. The van der Waals surface area contributed by atoms with Gasteiger partial charge in [0, 0.05) is 68.6 Å². The van der Waals surface area contributed by atoms with Gasteiger partial charge in [-0.3, -0.25) is 19.9 Å². The molecule has 9 heterocycles. The maximum Gasteiger partial charge on any atom is 0.164 e. The zero-order chi connectivity index (χ0) is 45.0. The molecule has 0 unspecified atom stereocenters. The molecule has 0 saturated carbocycles. The fourth-order valence-corrected chi connectivity index (χ4v) is 8.14. The Labute approximate surface area is 384 Å². The van der Waals surface area contributed by atoms with Gasteiger partial charge in [-0.25, -0.2) is 29.9 Å². The van der Waals surface area contributed by atoms with Crippen molar-refractivity contribution < 1.29 is 18.9 Å². The number of ether oxygens (including phenoxy) is 4. The van der Waals surface area contributed by atoms with Gasteiger partial charge in [0.15, 0.2) is 23.3 Å². The van der Waals surface area contributed by atoms with E-state index in [1.807, 2.05) is 121 Å². The largest absolute Gasteiger partial charge is 0.456 e. The molecule has 4 aromatic carbocycles. The molecule has 16 nitrogen and oxygen atoms in total. The first-order chi connectivity index (χ1) is 33.6. The van der Waals surface area contributed by atoms with Crippen LogP contribution < -0.4 is 18.9 Å². The van der Waals surface area contributed by atoms with E-state index in [2.05, 4.69) is 29.9 Å². The molecule has 2 aliphatic heterocycles. The van der Waals surface area contributed by atoms with E-state index >= 15 is 0 Å². The Bertz CT molecular complexity index is 3930. The maximum absolute atomic E-state index is 6.27. The van der Waals surface area contributed by atoms with Crippen molar-refractivity contribution in [1.82, 2.24) is 59.8 Å². The summed E-state index contributed by atoms with van der Waals surface area (Å²) >= 11 is 0. The van der Waals surface area contributed by atoms with Gasteiger partial charge in [-0.15, -0.1) is 0 Å². The first kappa shape index (κ1) is 38.5. The molecule has 0 aliphatic carbocycles. The maximum atomic E-state index is 6.27. The average Bonchev–Trinajstić information content (AvgIpc) is 4.10. The number of pyridine rings is 4. The van der Waals surface area contributed by atoms with Crippen molar-refractivity contribution in [3.8, 4) is 91.5 Å². The van der Waals surface area contributed by atoms with E-state index in [9.17, 15) is 0 Å². The SMILES string of the molecule is c1cncc(Oc2ccc3c(c2)-c2nc-3nc3[nH]c(nc4nc(nc5[nH]c(n2)c2ccc(Oc6cccnc6)cc52)-c2cc(Oc5cccnc5)ccc2-4)c2ccc(Oc4cccnc4)cc32)c1. The lowest BCUT2D eigenvalue weighted by Gasteiger charge is -2.07. The molecule has 0 radical (unpaired) electrons. The first-order valence-electron chi connectivity index (χ1n) is 21.3. The van der Waals surface area contributed by atoms with Gasteiger partial charge in [-0.05, 0) is 121 Å². The summed E-state index contributed by atoms with van der Waals surface area (Å²) in [6.45, 7) is 0. The molecule has 16 heteroatoms. The van der Waals surface area contributed by atoms with Crippen LogP contribution in [0.15, 0.2) is 171 Å². The molecule has 0 fully saturated rings. The predicted octanol–water partition coefficient (Wildman–Crippen LogP) is 11.6.